The average Bonchev–Trinajstić information content (AvgIpc) is 3.43. The minimum Gasteiger partial charge on any atom is -0.338 e. The van der Waals surface area contributed by atoms with Crippen LogP contribution < -0.4 is 0 Å². The second-order valence-corrected chi connectivity index (χ2v) is 8.68. The highest BCUT2D eigenvalue weighted by atomic mass is 127. The number of hydrogen-bond donors (Lipinski definition) is 1. The van der Waals surface area contributed by atoms with Gasteiger partial charge in [0.15, 0.2) is 11.5 Å². The van der Waals surface area contributed by atoms with Crippen LogP contribution in [0.5, 0.6) is 0 Å². The Morgan fingerprint density at radius 2 is 2.14 bits per heavy atom. The number of likely N-dealkylation sites (tertiary alicyclic amines) is 1. The number of halogens is 1. The predicted molar refractivity (Wildman–Crippen MR) is 115 cm³/mol. The van der Waals surface area contributed by atoms with E-state index in [1.54, 1.807) is 23.3 Å². The van der Waals surface area contributed by atoms with Gasteiger partial charge in [-0.2, -0.15) is 5.10 Å². The van der Waals surface area contributed by atoms with E-state index in [1.807, 2.05) is 23.1 Å². The van der Waals surface area contributed by atoms with Crippen LogP contribution in [0.1, 0.15) is 23.2 Å². The lowest BCUT2D eigenvalue weighted by Gasteiger charge is -2.30. The average molecular weight is 500 g/mol. The molecule has 1 N–H and O–H groups in total. The highest BCUT2D eigenvalue weighted by Crippen LogP contribution is 2.22. The summed E-state index contributed by atoms with van der Waals surface area (Å²) in [6.45, 7) is 1.60. The minimum atomic E-state index is 0.0339. The van der Waals surface area contributed by atoms with Crippen molar-refractivity contribution in [3.8, 4) is 17.2 Å². The zero-order chi connectivity index (χ0) is 19.8. The first-order valence-electron chi connectivity index (χ1n) is 9.29. The van der Waals surface area contributed by atoms with Crippen molar-refractivity contribution in [1.29, 1.82) is 0 Å². The van der Waals surface area contributed by atoms with Gasteiger partial charge in [0.05, 0.1) is 23.6 Å². The van der Waals surface area contributed by atoms with Crippen molar-refractivity contribution in [2.75, 3.05) is 13.1 Å². The van der Waals surface area contributed by atoms with E-state index in [-0.39, 0.29) is 5.91 Å². The summed E-state index contributed by atoms with van der Waals surface area (Å²) in [6, 6.07) is 5.60. The molecular weight excluding hydrogens is 483 g/mol. The summed E-state index contributed by atoms with van der Waals surface area (Å²) >= 11 is 2.42. The third-order valence-corrected chi connectivity index (χ3v) is 5.97. The van der Waals surface area contributed by atoms with Gasteiger partial charge in [-0.05, 0) is 31.0 Å². The number of piperidine rings is 1. The SMILES string of the molecule is O=C(c1cnc2c(cnn2-c2ccc(-c3nnc[nH]3)nc2)c1)N1CCC[C@H](I)C1. The van der Waals surface area contributed by atoms with Crippen LogP contribution >= 0.6 is 22.6 Å². The van der Waals surface area contributed by atoms with Gasteiger partial charge < -0.3 is 9.88 Å². The van der Waals surface area contributed by atoms with Gasteiger partial charge >= 0.3 is 0 Å². The molecule has 0 aliphatic carbocycles. The first-order valence-corrected chi connectivity index (χ1v) is 10.5. The van der Waals surface area contributed by atoms with Crippen LogP contribution in [0, 0.1) is 0 Å². The maximum absolute atomic E-state index is 12.8. The molecule has 0 radical (unpaired) electrons. The first-order chi connectivity index (χ1) is 14.2. The molecule has 29 heavy (non-hydrogen) atoms. The summed E-state index contributed by atoms with van der Waals surface area (Å²) in [5.41, 5.74) is 2.75. The summed E-state index contributed by atoms with van der Waals surface area (Å²) in [6.07, 6.45) is 8.79. The lowest BCUT2D eigenvalue weighted by molar-refractivity contribution is 0.0731. The molecule has 1 aliphatic heterocycles. The molecule has 5 heterocycles. The Balaban J connectivity index is 1.43. The number of carbonyl (C=O) groups is 1. The van der Waals surface area contributed by atoms with Gasteiger partial charge in [-0.25, -0.2) is 9.67 Å². The zero-order valence-electron chi connectivity index (χ0n) is 15.4. The van der Waals surface area contributed by atoms with Crippen LogP contribution in [0.3, 0.4) is 0 Å². The van der Waals surface area contributed by atoms with Crippen molar-refractivity contribution in [3.63, 3.8) is 0 Å². The van der Waals surface area contributed by atoms with Gasteiger partial charge in [-0.1, -0.05) is 22.6 Å². The summed E-state index contributed by atoms with van der Waals surface area (Å²) in [4.78, 5) is 26.6. The third-order valence-electron chi connectivity index (χ3n) is 4.96. The quantitative estimate of drug-likeness (QED) is 0.343. The number of rotatable bonds is 3. The standard InChI is InChI=1S/C19H17IN8O/c20-14-2-1-5-27(10-14)19(29)13-6-12-8-25-28(18(12)22-7-13)15-3-4-16(21-9-15)17-23-11-24-26-17/h3-4,6-9,11,14H,1-2,5,10H2,(H,23,24,26)/t14-/m0/s1. The minimum absolute atomic E-state index is 0.0339. The van der Waals surface area contributed by atoms with Crippen LogP contribution in [0.15, 0.2) is 43.1 Å². The Morgan fingerprint density at radius 1 is 1.21 bits per heavy atom. The molecular formula is C19H17IN8O. The molecule has 146 valence electrons. The van der Waals surface area contributed by atoms with Crippen molar-refractivity contribution in [2.24, 2.45) is 0 Å². The van der Waals surface area contributed by atoms with E-state index in [9.17, 15) is 4.79 Å². The second kappa shape index (κ2) is 7.50. The van der Waals surface area contributed by atoms with E-state index in [4.69, 9.17) is 0 Å². The summed E-state index contributed by atoms with van der Waals surface area (Å²) in [7, 11) is 0. The third kappa shape index (κ3) is 3.48. The predicted octanol–water partition coefficient (Wildman–Crippen LogP) is 2.64. The number of alkyl halides is 1. The molecule has 0 saturated carbocycles. The monoisotopic (exact) mass is 500 g/mol. The number of pyridine rings is 2. The van der Waals surface area contributed by atoms with E-state index in [0.29, 0.717) is 26.7 Å². The Kier molecular flexibility index (Phi) is 4.70. The Hall–Kier alpha value is -2.89. The van der Waals surface area contributed by atoms with Gasteiger partial charge in [-0.3, -0.25) is 9.78 Å². The molecule has 0 aromatic carbocycles. The van der Waals surface area contributed by atoms with Gasteiger partial charge in [0.25, 0.3) is 5.91 Å². The molecule has 1 atom stereocenters. The number of nitrogens with one attached hydrogen (secondary N) is 1. The lowest BCUT2D eigenvalue weighted by Crippen LogP contribution is -2.40. The van der Waals surface area contributed by atoms with E-state index >= 15 is 0 Å². The number of aromatic nitrogens is 7. The number of amides is 1. The zero-order valence-corrected chi connectivity index (χ0v) is 17.5. The lowest BCUT2D eigenvalue weighted by atomic mass is 10.1. The van der Waals surface area contributed by atoms with Gasteiger partial charge in [0.1, 0.15) is 12.0 Å². The smallest absolute Gasteiger partial charge is 0.255 e. The fourth-order valence-corrected chi connectivity index (χ4v) is 4.42. The molecule has 1 amide bonds. The Morgan fingerprint density at radius 3 is 2.90 bits per heavy atom. The second-order valence-electron chi connectivity index (χ2n) is 6.92. The van der Waals surface area contributed by atoms with Crippen LogP contribution in [0.4, 0.5) is 0 Å². The van der Waals surface area contributed by atoms with E-state index in [1.165, 1.54) is 6.33 Å². The van der Waals surface area contributed by atoms with Crippen LogP contribution in [0.2, 0.25) is 0 Å². The number of fused-ring (bicyclic) bond motifs is 1. The van der Waals surface area contributed by atoms with Gasteiger partial charge in [0.2, 0.25) is 0 Å². The topological polar surface area (TPSA) is 105 Å². The molecule has 9 nitrogen and oxygen atoms in total. The first kappa shape index (κ1) is 18.2. The van der Waals surface area contributed by atoms with Gasteiger partial charge in [0, 0.05) is 28.6 Å². The molecule has 0 bridgehead atoms. The van der Waals surface area contributed by atoms with Crippen LogP contribution in [0.25, 0.3) is 28.2 Å². The van der Waals surface area contributed by atoms with Crippen molar-refractivity contribution in [1.82, 2.24) is 39.8 Å². The number of nitrogens with zero attached hydrogens (tertiary/aromatic N) is 7. The largest absolute Gasteiger partial charge is 0.338 e. The molecule has 4 aromatic heterocycles. The number of H-pyrrole nitrogens is 1. The van der Waals surface area contributed by atoms with Gasteiger partial charge in [-0.15, -0.1) is 10.2 Å². The molecule has 4 aromatic rings. The number of aromatic amines is 1. The summed E-state index contributed by atoms with van der Waals surface area (Å²) in [5, 5.41) is 13.0. The Bertz CT molecular complexity index is 1150. The fraction of sp³-hybridized carbons (Fsp3) is 0.263. The van der Waals surface area contributed by atoms with Crippen molar-refractivity contribution in [3.05, 3.63) is 48.7 Å². The normalized spacial score (nSPS) is 17.0. The number of carbonyl (C=O) groups excluding carboxylic acids is 1. The maximum Gasteiger partial charge on any atom is 0.255 e. The van der Waals surface area contributed by atoms with Crippen molar-refractivity contribution < 1.29 is 4.79 Å². The Labute approximate surface area is 179 Å². The molecule has 1 aliphatic rings. The van der Waals surface area contributed by atoms with Crippen molar-refractivity contribution >= 4 is 39.5 Å². The van der Waals surface area contributed by atoms with Crippen LogP contribution in [-0.2, 0) is 0 Å². The molecule has 0 unspecified atom stereocenters. The molecule has 1 fully saturated rings. The van der Waals surface area contributed by atoms with E-state index in [2.05, 4.69) is 52.8 Å². The number of hydrogen-bond acceptors (Lipinski definition) is 6. The van der Waals surface area contributed by atoms with E-state index < -0.39 is 0 Å². The molecule has 10 heteroatoms. The molecule has 5 rings (SSSR count). The highest BCUT2D eigenvalue weighted by molar-refractivity contribution is 14.1. The van der Waals surface area contributed by atoms with E-state index in [0.717, 1.165) is 37.0 Å². The molecule has 0 spiro atoms. The molecule has 1 saturated heterocycles. The summed E-state index contributed by atoms with van der Waals surface area (Å²) < 4.78 is 2.22. The highest BCUT2D eigenvalue weighted by Gasteiger charge is 2.23. The van der Waals surface area contributed by atoms with Crippen LogP contribution in [-0.4, -0.2) is 62.8 Å². The fourth-order valence-electron chi connectivity index (χ4n) is 3.50. The maximum atomic E-state index is 12.8. The van der Waals surface area contributed by atoms with Crippen molar-refractivity contribution in [2.45, 2.75) is 16.8 Å². The summed E-state index contributed by atoms with van der Waals surface area (Å²) in [5.74, 6) is 0.640.